The van der Waals surface area contributed by atoms with E-state index in [9.17, 15) is 5.11 Å². The highest BCUT2D eigenvalue weighted by molar-refractivity contribution is 5.42. The molecule has 1 aliphatic rings. The third-order valence-corrected chi connectivity index (χ3v) is 3.29. The molecule has 2 rings (SSSR count). The van der Waals surface area contributed by atoms with E-state index in [1.807, 2.05) is 32.0 Å². The molecule has 0 fully saturated rings. The fourth-order valence-corrected chi connectivity index (χ4v) is 2.41. The number of benzene rings is 1. The van der Waals surface area contributed by atoms with Gasteiger partial charge < -0.3 is 14.6 Å². The minimum Gasteiger partial charge on any atom is -0.486 e. The summed E-state index contributed by atoms with van der Waals surface area (Å²) >= 11 is 0. The molecule has 0 radical (unpaired) electrons. The molecule has 18 heavy (non-hydrogen) atoms. The zero-order valence-electron chi connectivity index (χ0n) is 11.1. The van der Waals surface area contributed by atoms with Crippen molar-refractivity contribution in [1.82, 2.24) is 5.32 Å². The van der Waals surface area contributed by atoms with Crippen LogP contribution in [0.2, 0.25) is 0 Å². The van der Waals surface area contributed by atoms with E-state index in [0.717, 1.165) is 11.3 Å². The molecule has 2 N–H and O–H groups in total. The van der Waals surface area contributed by atoms with Gasteiger partial charge in [0, 0.05) is 12.7 Å². The van der Waals surface area contributed by atoms with Crippen LogP contribution >= 0.6 is 0 Å². The summed E-state index contributed by atoms with van der Waals surface area (Å²) in [5.41, 5.74) is 0.808. The lowest BCUT2D eigenvalue weighted by Crippen LogP contribution is -2.46. The van der Waals surface area contributed by atoms with E-state index in [1.54, 1.807) is 7.11 Å². The first kappa shape index (κ1) is 13.3. The zero-order chi connectivity index (χ0) is 13.2. The number of hydrogen-bond acceptors (Lipinski definition) is 4. The molecule has 0 saturated carbocycles. The summed E-state index contributed by atoms with van der Waals surface area (Å²) in [5.74, 6) is 0.911. The Kier molecular flexibility index (Phi) is 3.90. The van der Waals surface area contributed by atoms with Crippen molar-refractivity contribution in [3.8, 4) is 5.75 Å². The van der Waals surface area contributed by atoms with Crippen LogP contribution in [0.25, 0.3) is 0 Å². The van der Waals surface area contributed by atoms with Gasteiger partial charge in [0.2, 0.25) is 0 Å². The van der Waals surface area contributed by atoms with E-state index < -0.39 is 0 Å². The molecule has 1 aromatic carbocycles. The third-order valence-electron chi connectivity index (χ3n) is 3.29. The number of methoxy groups -OCH3 is 1. The summed E-state index contributed by atoms with van der Waals surface area (Å²) in [6.45, 7) is 4.62. The van der Waals surface area contributed by atoms with Gasteiger partial charge >= 0.3 is 0 Å². The number of ether oxygens (including phenoxy) is 2. The number of fused-ring (bicyclic) bond motifs is 1. The zero-order valence-corrected chi connectivity index (χ0v) is 11.1. The Morgan fingerprint density at radius 3 is 2.83 bits per heavy atom. The van der Waals surface area contributed by atoms with E-state index >= 15 is 0 Å². The molecule has 0 bridgehead atoms. The maximum Gasteiger partial charge on any atom is 0.125 e. The summed E-state index contributed by atoms with van der Waals surface area (Å²) in [5, 5.41) is 12.8. The largest absolute Gasteiger partial charge is 0.486 e. The van der Waals surface area contributed by atoms with Crippen LogP contribution in [0.4, 0.5) is 0 Å². The highest BCUT2D eigenvalue weighted by atomic mass is 16.5. The lowest BCUT2D eigenvalue weighted by Gasteiger charge is -2.30. The summed E-state index contributed by atoms with van der Waals surface area (Å²) in [6.07, 6.45) is 0. The van der Waals surface area contributed by atoms with E-state index in [2.05, 4.69) is 11.4 Å². The molecular weight excluding hydrogens is 230 g/mol. The molecule has 2 unspecified atom stereocenters. The van der Waals surface area contributed by atoms with Crippen LogP contribution in [-0.2, 0) is 4.74 Å². The Hall–Kier alpha value is -1.10. The molecule has 4 nitrogen and oxygen atoms in total. The van der Waals surface area contributed by atoms with Gasteiger partial charge in [-0.2, -0.15) is 0 Å². The standard InChI is InChI=1S/C14H21NO3/c1-14(2)13(15-10(8-16)9-17-3)11-6-4-5-7-12(11)18-14/h4-7,10,13,15-16H,8-9H2,1-3H3. The molecular formula is C14H21NO3. The van der Waals surface area contributed by atoms with Crippen molar-refractivity contribution >= 4 is 0 Å². The minimum atomic E-state index is -0.329. The minimum absolute atomic E-state index is 0.0442. The van der Waals surface area contributed by atoms with Gasteiger partial charge in [-0.25, -0.2) is 0 Å². The SMILES string of the molecule is COCC(CO)NC1c2ccccc2OC1(C)C. The molecule has 0 aromatic heterocycles. The molecule has 4 heteroatoms. The van der Waals surface area contributed by atoms with Crippen LogP contribution in [0.1, 0.15) is 25.5 Å². The molecule has 1 heterocycles. The van der Waals surface area contributed by atoms with Gasteiger partial charge in [-0.15, -0.1) is 0 Å². The lowest BCUT2D eigenvalue weighted by molar-refractivity contribution is 0.0669. The summed E-state index contributed by atoms with van der Waals surface area (Å²) in [6, 6.07) is 7.97. The average molecular weight is 251 g/mol. The topological polar surface area (TPSA) is 50.7 Å². The van der Waals surface area contributed by atoms with Crippen LogP contribution in [0.5, 0.6) is 5.75 Å². The number of para-hydroxylation sites is 1. The molecule has 0 saturated heterocycles. The highest BCUT2D eigenvalue weighted by Crippen LogP contribution is 2.42. The van der Waals surface area contributed by atoms with Crippen LogP contribution < -0.4 is 10.1 Å². The predicted molar refractivity (Wildman–Crippen MR) is 69.8 cm³/mol. The first-order valence-electron chi connectivity index (χ1n) is 6.22. The van der Waals surface area contributed by atoms with E-state index in [-0.39, 0.29) is 24.3 Å². The summed E-state index contributed by atoms with van der Waals surface area (Å²) in [4.78, 5) is 0. The number of hydrogen-bond donors (Lipinski definition) is 2. The molecule has 100 valence electrons. The van der Waals surface area contributed by atoms with Crippen molar-refractivity contribution in [1.29, 1.82) is 0 Å². The van der Waals surface area contributed by atoms with Gasteiger partial charge in [0.1, 0.15) is 11.4 Å². The summed E-state index contributed by atoms with van der Waals surface area (Å²) < 4.78 is 11.0. The molecule has 0 spiro atoms. The Balaban J connectivity index is 2.20. The van der Waals surface area contributed by atoms with Crippen molar-refractivity contribution in [3.63, 3.8) is 0 Å². The molecule has 1 aliphatic heterocycles. The van der Waals surface area contributed by atoms with Gasteiger partial charge in [-0.05, 0) is 19.9 Å². The van der Waals surface area contributed by atoms with Crippen molar-refractivity contribution in [2.75, 3.05) is 20.3 Å². The van der Waals surface area contributed by atoms with Crippen molar-refractivity contribution < 1.29 is 14.6 Å². The maximum absolute atomic E-state index is 9.35. The second kappa shape index (κ2) is 5.26. The Bertz CT molecular complexity index is 406. The van der Waals surface area contributed by atoms with Gasteiger partial charge in [0.25, 0.3) is 0 Å². The number of rotatable bonds is 5. The number of nitrogens with one attached hydrogen (secondary N) is 1. The smallest absolute Gasteiger partial charge is 0.125 e. The predicted octanol–water partition coefficient (Wildman–Crippen LogP) is 1.50. The van der Waals surface area contributed by atoms with E-state index in [1.165, 1.54) is 0 Å². The molecule has 0 amide bonds. The molecule has 1 aromatic rings. The lowest BCUT2D eigenvalue weighted by atomic mass is 9.94. The quantitative estimate of drug-likeness (QED) is 0.832. The Labute approximate surface area is 108 Å². The molecule has 2 atom stereocenters. The Morgan fingerprint density at radius 2 is 2.17 bits per heavy atom. The third kappa shape index (κ3) is 2.51. The van der Waals surface area contributed by atoms with Crippen molar-refractivity contribution in [2.24, 2.45) is 0 Å². The van der Waals surface area contributed by atoms with Gasteiger partial charge in [0.05, 0.1) is 25.3 Å². The summed E-state index contributed by atoms with van der Waals surface area (Å²) in [7, 11) is 1.63. The van der Waals surface area contributed by atoms with Crippen LogP contribution in [0, 0.1) is 0 Å². The first-order chi connectivity index (χ1) is 8.58. The maximum atomic E-state index is 9.35. The number of aliphatic hydroxyl groups excluding tert-OH is 1. The molecule has 0 aliphatic carbocycles. The first-order valence-corrected chi connectivity index (χ1v) is 6.22. The second-order valence-electron chi connectivity index (χ2n) is 5.18. The van der Waals surface area contributed by atoms with Crippen LogP contribution in [0.15, 0.2) is 24.3 Å². The van der Waals surface area contributed by atoms with E-state index in [4.69, 9.17) is 9.47 Å². The normalized spacial score (nSPS) is 22.3. The van der Waals surface area contributed by atoms with Crippen LogP contribution in [0.3, 0.4) is 0 Å². The fourth-order valence-electron chi connectivity index (χ4n) is 2.41. The fraction of sp³-hybridized carbons (Fsp3) is 0.571. The monoisotopic (exact) mass is 251 g/mol. The van der Waals surface area contributed by atoms with Gasteiger partial charge in [0.15, 0.2) is 0 Å². The van der Waals surface area contributed by atoms with Crippen molar-refractivity contribution in [2.45, 2.75) is 31.5 Å². The van der Waals surface area contributed by atoms with Crippen molar-refractivity contribution in [3.05, 3.63) is 29.8 Å². The second-order valence-corrected chi connectivity index (χ2v) is 5.18. The highest BCUT2D eigenvalue weighted by Gasteiger charge is 2.41. The van der Waals surface area contributed by atoms with E-state index in [0.29, 0.717) is 6.61 Å². The van der Waals surface area contributed by atoms with Gasteiger partial charge in [-0.3, -0.25) is 5.32 Å². The van der Waals surface area contributed by atoms with Crippen LogP contribution in [-0.4, -0.2) is 37.1 Å². The van der Waals surface area contributed by atoms with Gasteiger partial charge in [-0.1, -0.05) is 18.2 Å². The Morgan fingerprint density at radius 1 is 1.44 bits per heavy atom. The number of aliphatic hydroxyl groups is 1. The average Bonchev–Trinajstić information content (AvgIpc) is 2.59.